The number of aliphatic hydroxyl groups is 1. The first-order valence-corrected chi connectivity index (χ1v) is 4.60. The third-order valence-electron chi connectivity index (χ3n) is 2.64. The highest BCUT2D eigenvalue weighted by Crippen LogP contribution is 2.41. The Labute approximate surface area is 81.9 Å². The maximum atomic E-state index is 9.99. The highest BCUT2D eigenvalue weighted by Gasteiger charge is 2.26. The Bertz CT molecular complexity index is 448. The first kappa shape index (κ1) is 7.71. The van der Waals surface area contributed by atoms with Crippen molar-refractivity contribution in [3.8, 4) is 11.3 Å². The molecule has 0 fully saturated rings. The molecular formula is C12H9NO. The zero-order chi connectivity index (χ0) is 9.54. The van der Waals surface area contributed by atoms with Gasteiger partial charge in [0.05, 0.1) is 5.69 Å². The van der Waals surface area contributed by atoms with E-state index in [2.05, 4.69) is 4.98 Å². The molecule has 0 saturated carbocycles. The standard InChI is InChI=1S/C12H9NO/c14-12-9-5-2-1-4-8(9)11-10(12)6-3-7-13-11/h1-7,12,14H. The SMILES string of the molecule is OC1c2ccccc2-c2ncccc21. The van der Waals surface area contributed by atoms with Crippen LogP contribution in [0, 0.1) is 0 Å². The number of benzene rings is 1. The van der Waals surface area contributed by atoms with Crippen molar-refractivity contribution in [2.24, 2.45) is 0 Å². The average molecular weight is 183 g/mol. The zero-order valence-electron chi connectivity index (χ0n) is 7.51. The lowest BCUT2D eigenvalue weighted by molar-refractivity contribution is 0.225. The van der Waals surface area contributed by atoms with Crippen LogP contribution in [0.1, 0.15) is 17.2 Å². The summed E-state index contributed by atoms with van der Waals surface area (Å²) in [5.41, 5.74) is 3.83. The van der Waals surface area contributed by atoms with Gasteiger partial charge in [-0.25, -0.2) is 0 Å². The van der Waals surface area contributed by atoms with Crippen LogP contribution in [0.5, 0.6) is 0 Å². The quantitative estimate of drug-likeness (QED) is 0.678. The lowest BCUT2D eigenvalue weighted by Crippen LogP contribution is -1.92. The number of aliphatic hydroxyl groups excluding tert-OH is 1. The Morgan fingerprint density at radius 2 is 1.79 bits per heavy atom. The lowest BCUT2D eigenvalue weighted by atomic mass is 10.1. The minimum Gasteiger partial charge on any atom is -0.384 e. The second-order valence-corrected chi connectivity index (χ2v) is 3.43. The van der Waals surface area contributed by atoms with Crippen molar-refractivity contribution >= 4 is 0 Å². The minimum absolute atomic E-state index is 0.505. The van der Waals surface area contributed by atoms with Gasteiger partial charge in [0.1, 0.15) is 6.10 Å². The van der Waals surface area contributed by atoms with Gasteiger partial charge in [-0.2, -0.15) is 0 Å². The smallest absolute Gasteiger partial charge is 0.107 e. The second-order valence-electron chi connectivity index (χ2n) is 3.43. The zero-order valence-corrected chi connectivity index (χ0v) is 7.51. The van der Waals surface area contributed by atoms with Gasteiger partial charge in [-0.1, -0.05) is 30.3 Å². The molecule has 14 heavy (non-hydrogen) atoms. The van der Waals surface area contributed by atoms with Gasteiger partial charge in [0.2, 0.25) is 0 Å². The van der Waals surface area contributed by atoms with Crippen molar-refractivity contribution in [3.05, 3.63) is 53.7 Å². The molecule has 2 heteroatoms. The van der Waals surface area contributed by atoms with Crippen LogP contribution in [-0.2, 0) is 0 Å². The molecule has 0 aliphatic heterocycles. The number of pyridine rings is 1. The lowest BCUT2D eigenvalue weighted by Gasteiger charge is -2.03. The number of hydrogen-bond donors (Lipinski definition) is 1. The van der Waals surface area contributed by atoms with Gasteiger partial charge in [0.25, 0.3) is 0 Å². The number of fused-ring (bicyclic) bond motifs is 3. The molecule has 1 unspecified atom stereocenters. The van der Waals surface area contributed by atoms with E-state index < -0.39 is 6.10 Å². The third-order valence-corrected chi connectivity index (χ3v) is 2.64. The number of aromatic nitrogens is 1. The summed E-state index contributed by atoms with van der Waals surface area (Å²) < 4.78 is 0. The van der Waals surface area contributed by atoms with Gasteiger partial charge in [-0.05, 0) is 11.6 Å². The van der Waals surface area contributed by atoms with Crippen molar-refractivity contribution in [2.45, 2.75) is 6.10 Å². The van der Waals surface area contributed by atoms with Crippen LogP contribution in [0.15, 0.2) is 42.6 Å². The highest BCUT2D eigenvalue weighted by molar-refractivity contribution is 5.74. The summed E-state index contributed by atoms with van der Waals surface area (Å²) in [4.78, 5) is 4.29. The van der Waals surface area contributed by atoms with E-state index in [9.17, 15) is 5.11 Å². The molecular weight excluding hydrogens is 174 g/mol. The molecule has 0 amide bonds. The maximum Gasteiger partial charge on any atom is 0.107 e. The fourth-order valence-electron chi connectivity index (χ4n) is 1.98. The number of rotatable bonds is 0. The molecule has 0 bridgehead atoms. The van der Waals surface area contributed by atoms with Crippen LogP contribution in [0.3, 0.4) is 0 Å². The summed E-state index contributed by atoms with van der Waals surface area (Å²) in [6.45, 7) is 0. The van der Waals surface area contributed by atoms with Crippen LogP contribution in [0.4, 0.5) is 0 Å². The Balaban J connectivity index is 2.36. The molecule has 68 valence electrons. The molecule has 1 aliphatic carbocycles. The monoisotopic (exact) mass is 183 g/mol. The second kappa shape index (κ2) is 2.66. The van der Waals surface area contributed by atoms with Crippen molar-refractivity contribution in [2.75, 3.05) is 0 Å². The molecule has 1 aromatic heterocycles. The van der Waals surface area contributed by atoms with Gasteiger partial charge in [0, 0.05) is 17.3 Å². The minimum atomic E-state index is -0.505. The normalized spacial score (nSPS) is 17.6. The summed E-state index contributed by atoms with van der Waals surface area (Å²) in [7, 11) is 0. The molecule has 2 nitrogen and oxygen atoms in total. The van der Waals surface area contributed by atoms with Crippen molar-refractivity contribution in [3.63, 3.8) is 0 Å². The Hall–Kier alpha value is -1.67. The fourth-order valence-corrected chi connectivity index (χ4v) is 1.98. The summed E-state index contributed by atoms with van der Waals surface area (Å²) in [6, 6.07) is 11.6. The van der Waals surface area contributed by atoms with Gasteiger partial charge >= 0.3 is 0 Å². The van der Waals surface area contributed by atoms with Gasteiger partial charge in [-0.15, -0.1) is 0 Å². The number of nitrogens with zero attached hydrogens (tertiary/aromatic N) is 1. The van der Waals surface area contributed by atoms with Crippen molar-refractivity contribution < 1.29 is 5.11 Å². The van der Waals surface area contributed by atoms with Crippen LogP contribution in [-0.4, -0.2) is 10.1 Å². The average Bonchev–Trinajstić information content (AvgIpc) is 2.55. The molecule has 3 rings (SSSR count). The van der Waals surface area contributed by atoms with E-state index in [4.69, 9.17) is 0 Å². The van der Waals surface area contributed by atoms with Crippen LogP contribution < -0.4 is 0 Å². The van der Waals surface area contributed by atoms with E-state index in [0.717, 1.165) is 22.4 Å². The molecule has 1 heterocycles. The maximum absolute atomic E-state index is 9.99. The van der Waals surface area contributed by atoms with E-state index in [-0.39, 0.29) is 0 Å². The molecule has 1 aliphatic rings. The van der Waals surface area contributed by atoms with Gasteiger partial charge in [0.15, 0.2) is 0 Å². The molecule has 1 atom stereocenters. The highest BCUT2D eigenvalue weighted by atomic mass is 16.3. The topological polar surface area (TPSA) is 33.1 Å². The van der Waals surface area contributed by atoms with Gasteiger partial charge in [-0.3, -0.25) is 4.98 Å². The largest absolute Gasteiger partial charge is 0.384 e. The molecule has 1 aromatic carbocycles. The molecule has 1 N–H and O–H groups in total. The van der Waals surface area contributed by atoms with E-state index in [1.165, 1.54) is 0 Å². The van der Waals surface area contributed by atoms with Gasteiger partial charge < -0.3 is 5.11 Å². The summed E-state index contributed by atoms with van der Waals surface area (Å²) in [5.74, 6) is 0. The molecule has 0 saturated heterocycles. The Morgan fingerprint density at radius 1 is 1.00 bits per heavy atom. The Morgan fingerprint density at radius 3 is 2.71 bits per heavy atom. The third kappa shape index (κ3) is 0.860. The summed E-state index contributed by atoms with van der Waals surface area (Å²) in [6.07, 6.45) is 1.25. The molecule has 2 aromatic rings. The summed E-state index contributed by atoms with van der Waals surface area (Å²) >= 11 is 0. The van der Waals surface area contributed by atoms with E-state index >= 15 is 0 Å². The van der Waals surface area contributed by atoms with E-state index in [0.29, 0.717) is 0 Å². The first-order chi connectivity index (χ1) is 6.88. The number of hydrogen-bond acceptors (Lipinski definition) is 2. The first-order valence-electron chi connectivity index (χ1n) is 4.60. The van der Waals surface area contributed by atoms with Crippen LogP contribution in [0.25, 0.3) is 11.3 Å². The van der Waals surface area contributed by atoms with Crippen LogP contribution >= 0.6 is 0 Å². The van der Waals surface area contributed by atoms with Crippen molar-refractivity contribution in [1.29, 1.82) is 0 Å². The molecule has 0 spiro atoms. The predicted molar refractivity (Wildman–Crippen MR) is 53.7 cm³/mol. The van der Waals surface area contributed by atoms with Crippen molar-refractivity contribution in [1.82, 2.24) is 4.98 Å². The van der Waals surface area contributed by atoms with Crippen LogP contribution in [0.2, 0.25) is 0 Å². The molecule has 0 radical (unpaired) electrons. The fraction of sp³-hybridized carbons (Fsp3) is 0.0833. The van der Waals surface area contributed by atoms with E-state index in [1.807, 2.05) is 36.4 Å². The Kier molecular flexibility index (Phi) is 1.46. The van der Waals surface area contributed by atoms with E-state index in [1.54, 1.807) is 6.20 Å². The predicted octanol–water partition coefficient (Wildman–Crippen LogP) is 2.14. The summed E-state index contributed by atoms with van der Waals surface area (Å²) in [5, 5.41) is 9.99.